The van der Waals surface area contributed by atoms with Gasteiger partial charge in [0.2, 0.25) is 5.28 Å². The first kappa shape index (κ1) is 15.6. The molecular weight excluding hydrogens is 354 g/mol. The second-order valence-electron chi connectivity index (χ2n) is 5.43. The van der Waals surface area contributed by atoms with Crippen LogP contribution in [0.15, 0.2) is 15.5 Å². The van der Waals surface area contributed by atoms with Gasteiger partial charge in [-0.1, -0.05) is 11.8 Å². The summed E-state index contributed by atoms with van der Waals surface area (Å²) >= 11 is 9.53. The third-order valence-corrected chi connectivity index (χ3v) is 6.17. The Morgan fingerprint density at radius 1 is 1.26 bits per heavy atom. The number of morpholine rings is 1. The SMILES string of the molecule is NC1=NC(C2=Cc3nc(Cl)nc(N4CCOCC4)c3SC2)CS1. The fourth-order valence-corrected chi connectivity index (χ4v) is 4.93. The van der Waals surface area contributed by atoms with E-state index in [4.69, 9.17) is 22.1 Å². The number of aliphatic imine (C=N–C) groups is 1. The number of halogens is 1. The molecule has 0 amide bonds. The number of fused-ring (bicyclic) bond motifs is 1. The highest BCUT2D eigenvalue weighted by atomic mass is 35.5. The van der Waals surface area contributed by atoms with Crippen LogP contribution in [0.4, 0.5) is 5.82 Å². The van der Waals surface area contributed by atoms with E-state index in [0.717, 1.165) is 54.2 Å². The van der Waals surface area contributed by atoms with Crippen LogP contribution >= 0.6 is 35.1 Å². The summed E-state index contributed by atoms with van der Waals surface area (Å²) in [6.45, 7) is 3.10. The Hall–Kier alpha value is -0.960. The van der Waals surface area contributed by atoms with Crippen molar-refractivity contribution >= 4 is 52.2 Å². The molecule has 0 bridgehead atoms. The molecule has 2 N–H and O–H groups in total. The zero-order chi connectivity index (χ0) is 15.8. The second-order valence-corrected chi connectivity index (χ2v) is 7.80. The van der Waals surface area contributed by atoms with Gasteiger partial charge in [0, 0.05) is 24.6 Å². The lowest BCUT2D eigenvalue weighted by Gasteiger charge is -2.30. The Balaban J connectivity index is 1.69. The summed E-state index contributed by atoms with van der Waals surface area (Å²) in [6, 6.07) is 0.154. The summed E-state index contributed by atoms with van der Waals surface area (Å²) < 4.78 is 5.42. The molecule has 3 aliphatic heterocycles. The van der Waals surface area contributed by atoms with Crippen LogP contribution in [0.3, 0.4) is 0 Å². The lowest BCUT2D eigenvalue weighted by molar-refractivity contribution is 0.122. The molecular formula is C14H16ClN5OS2. The Bertz CT molecular complexity index is 690. The molecule has 122 valence electrons. The summed E-state index contributed by atoms with van der Waals surface area (Å²) in [7, 11) is 0. The minimum Gasteiger partial charge on any atom is -0.379 e. The number of aromatic nitrogens is 2. The van der Waals surface area contributed by atoms with Crippen molar-refractivity contribution in [3.63, 3.8) is 0 Å². The molecule has 3 aliphatic rings. The van der Waals surface area contributed by atoms with E-state index >= 15 is 0 Å². The smallest absolute Gasteiger partial charge is 0.224 e. The summed E-state index contributed by atoms with van der Waals surface area (Å²) in [5.41, 5.74) is 7.93. The highest BCUT2D eigenvalue weighted by Gasteiger charge is 2.27. The van der Waals surface area contributed by atoms with Crippen molar-refractivity contribution in [1.82, 2.24) is 9.97 Å². The number of anilines is 1. The average Bonchev–Trinajstić information content (AvgIpc) is 3.01. The van der Waals surface area contributed by atoms with Gasteiger partial charge in [-0.25, -0.2) is 4.98 Å². The molecule has 23 heavy (non-hydrogen) atoms. The van der Waals surface area contributed by atoms with Crippen LogP contribution in [-0.4, -0.2) is 59.0 Å². The van der Waals surface area contributed by atoms with Gasteiger partial charge < -0.3 is 15.4 Å². The first-order valence-electron chi connectivity index (χ1n) is 7.40. The van der Waals surface area contributed by atoms with E-state index in [1.807, 2.05) is 0 Å². The Morgan fingerprint density at radius 3 is 2.83 bits per heavy atom. The number of nitrogens with zero attached hydrogens (tertiary/aromatic N) is 4. The summed E-state index contributed by atoms with van der Waals surface area (Å²) in [5.74, 6) is 2.72. The zero-order valence-corrected chi connectivity index (χ0v) is 14.8. The van der Waals surface area contributed by atoms with Gasteiger partial charge in [-0.3, -0.25) is 4.99 Å². The van der Waals surface area contributed by atoms with Crippen LogP contribution < -0.4 is 10.6 Å². The van der Waals surface area contributed by atoms with Crippen molar-refractivity contribution in [1.29, 1.82) is 0 Å². The molecule has 1 unspecified atom stereocenters. The summed E-state index contributed by atoms with van der Waals surface area (Å²) in [4.78, 5) is 16.7. The molecule has 1 fully saturated rings. The van der Waals surface area contributed by atoms with Gasteiger partial charge in [0.05, 0.1) is 29.8 Å². The van der Waals surface area contributed by atoms with E-state index in [2.05, 4.69) is 25.9 Å². The highest BCUT2D eigenvalue weighted by molar-refractivity contribution is 8.14. The van der Waals surface area contributed by atoms with Crippen LogP contribution in [0, 0.1) is 0 Å². The average molecular weight is 370 g/mol. The van der Waals surface area contributed by atoms with Gasteiger partial charge in [-0.2, -0.15) is 4.98 Å². The summed E-state index contributed by atoms with van der Waals surface area (Å²) in [5, 5.41) is 0.952. The number of ether oxygens (including phenoxy) is 1. The predicted octanol–water partition coefficient (Wildman–Crippen LogP) is 1.89. The van der Waals surface area contributed by atoms with Gasteiger partial charge in [-0.05, 0) is 23.3 Å². The van der Waals surface area contributed by atoms with Crippen LogP contribution in [0.5, 0.6) is 0 Å². The Labute approximate surface area is 147 Å². The quantitative estimate of drug-likeness (QED) is 0.797. The molecule has 0 saturated carbocycles. The van der Waals surface area contributed by atoms with E-state index in [9.17, 15) is 0 Å². The highest BCUT2D eigenvalue weighted by Crippen LogP contribution is 2.40. The molecule has 9 heteroatoms. The zero-order valence-electron chi connectivity index (χ0n) is 12.4. The lowest BCUT2D eigenvalue weighted by Crippen LogP contribution is -2.37. The van der Waals surface area contributed by atoms with Gasteiger partial charge >= 0.3 is 0 Å². The van der Waals surface area contributed by atoms with Gasteiger partial charge in [0.25, 0.3) is 0 Å². The fraction of sp³-hybridized carbons (Fsp3) is 0.500. The second kappa shape index (κ2) is 6.51. The van der Waals surface area contributed by atoms with Crippen molar-refractivity contribution < 1.29 is 4.74 Å². The van der Waals surface area contributed by atoms with Crippen molar-refractivity contribution in [2.24, 2.45) is 10.7 Å². The van der Waals surface area contributed by atoms with Crippen LogP contribution in [-0.2, 0) is 4.74 Å². The topological polar surface area (TPSA) is 76.6 Å². The van der Waals surface area contributed by atoms with Crippen LogP contribution in [0.25, 0.3) is 6.08 Å². The summed E-state index contributed by atoms with van der Waals surface area (Å²) in [6.07, 6.45) is 2.11. The van der Waals surface area contributed by atoms with E-state index in [0.29, 0.717) is 5.17 Å². The maximum absolute atomic E-state index is 6.16. The molecule has 4 heterocycles. The molecule has 0 radical (unpaired) electrons. The van der Waals surface area contributed by atoms with Crippen molar-refractivity contribution in [2.75, 3.05) is 42.7 Å². The first-order valence-corrected chi connectivity index (χ1v) is 9.75. The number of hydrogen-bond acceptors (Lipinski definition) is 8. The predicted molar refractivity (Wildman–Crippen MR) is 96.6 cm³/mol. The minimum atomic E-state index is 0.154. The van der Waals surface area contributed by atoms with Crippen molar-refractivity contribution in [3.05, 3.63) is 16.6 Å². The van der Waals surface area contributed by atoms with E-state index < -0.39 is 0 Å². The van der Waals surface area contributed by atoms with Crippen molar-refractivity contribution in [2.45, 2.75) is 10.9 Å². The third-order valence-electron chi connectivity index (χ3n) is 3.96. The van der Waals surface area contributed by atoms with Crippen LogP contribution in [0.1, 0.15) is 5.69 Å². The number of hydrogen-bond donors (Lipinski definition) is 1. The van der Waals surface area contributed by atoms with Gasteiger partial charge in [-0.15, -0.1) is 11.8 Å². The molecule has 0 aliphatic carbocycles. The molecule has 0 aromatic carbocycles. The Kier molecular flexibility index (Phi) is 4.40. The normalized spacial score (nSPS) is 24.2. The number of thioether (sulfide) groups is 2. The minimum absolute atomic E-state index is 0.154. The molecule has 6 nitrogen and oxygen atoms in total. The van der Waals surface area contributed by atoms with Gasteiger partial charge in [0.15, 0.2) is 5.17 Å². The maximum atomic E-state index is 6.16. The maximum Gasteiger partial charge on any atom is 0.224 e. The molecule has 1 aromatic rings. The molecule has 1 saturated heterocycles. The van der Waals surface area contributed by atoms with Gasteiger partial charge in [0.1, 0.15) is 5.82 Å². The largest absolute Gasteiger partial charge is 0.379 e. The lowest BCUT2D eigenvalue weighted by atomic mass is 10.1. The van der Waals surface area contributed by atoms with E-state index in [1.54, 1.807) is 23.5 Å². The van der Waals surface area contributed by atoms with E-state index in [1.165, 1.54) is 5.57 Å². The van der Waals surface area contributed by atoms with Crippen molar-refractivity contribution in [3.8, 4) is 0 Å². The number of rotatable bonds is 2. The first-order chi connectivity index (χ1) is 11.2. The number of amidine groups is 1. The standard InChI is InChI=1S/C14H16ClN5OS2/c15-13-17-9-5-8(10-7-23-14(16)18-10)6-22-11(9)12(19-13)20-1-3-21-4-2-20/h5,10H,1-4,6-7H2,(H2,16,18). The third kappa shape index (κ3) is 3.17. The molecule has 1 atom stereocenters. The fourth-order valence-electron chi connectivity index (χ4n) is 2.80. The van der Waals surface area contributed by atoms with Crippen LogP contribution in [0.2, 0.25) is 5.28 Å². The Morgan fingerprint density at radius 2 is 2.09 bits per heavy atom. The van der Waals surface area contributed by atoms with E-state index in [-0.39, 0.29) is 11.3 Å². The monoisotopic (exact) mass is 369 g/mol. The molecule has 1 aromatic heterocycles. The molecule has 0 spiro atoms. The number of nitrogens with two attached hydrogens (primary N) is 1. The molecule has 4 rings (SSSR count).